The molecule has 16 heavy (non-hydrogen) atoms. The average molecular weight is 240 g/mol. The molecule has 0 bridgehead atoms. The Labute approximate surface area is 97.7 Å². The van der Waals surface area contributed by atoms with Crippen LogP contribution < -0.4 is 5.32 Å². The Morgan fingerprint density at radius 1 is 1.62 bits per heavy atom. The summed E-state index contributed by atoms with van der Waals surface area (Å²) in [4.78, 5) is 8.62. The zero-order valence-electron chi connectivity index (χ0n) is 9.14. The normalized spacial score (nSPS) is 13.2. The van der Waals surface area contributed by atoms with E-state index in [1.165, 1.54) is 3.97 Å². The molecule has 0 aliphatic rings. The third-order valence-electron chi connectivity index (χ3n) is 2.39. The summed E-state index contributed by atoms with van der Waals surface area (Å²) in [5.41, 5.74) is 1.46. The number of hydrogen-bond acceptors (Lipinski definition) is 4. The minimum Gasteiger partial charge on any atom is -0.308 e. The van der Waals surface area contributed by atoms with Crippen molar-refractivity contribution in [1.29, 1.82) is 0 Å². The molecular weight excluding hydrogens is 227 g/mol. The van der Waals surface area contributed by atoms with Crippen LogP contribution in [0.25, 0.3) is 11.0 Å². The van der Waals surface area contributed by atoms with E-state index in [4.69, 9.17) is 0 Å². The van der Waals surface area contributed by atoms with Gasteiger partial charge in [0.1, 0.15) is 5.82 Å². The minimum atomic E-state index is 0.107. The lowest BCUT2D eigenvalue weighted by Gasteiger charge is -2.10. The summed E-state index contributed by atoms with van der Waals surface area (Å²) in [7, 11) is 0. The highest BCUT2D eigenvalue weighted by Gasteiger charge is 2.10. The van der Waals surface area contributed by atoms with E-state index in [1.807, 2.05) is 13.8 Å². The first-order valence-corrected chi connectivity index (χ1v) is 5.80. The van der Waals surface area contributed by atoms with Crippen LogP contribution in [0.5, 0.6) is 0 Å². The molecule has 1 atom stereocenters. The van der Waals surface area contributed by atoms with E-state index in [-0.39, 0.29) is 18.4 Å². The summed E-state index contributed by atoms with van der Waals surface area (Å²) in [5.74, 6) is 0.732. The van der Waals surface area contributed by atoms with Gasteiger partial charge in [-0.2, -0.15) is 0 Å². The molecule has 2 aromatic heterocycles. The summed E-state index contributed by atoms with van der Waals surface area (Å²) in [6.07, 6.45) is 3.30. The monoisotopic (exact) mass is 240 g/mol. The molecule has 0 saturated carbocycles. The Kier molecular flexibility index (Phi) is 3.40. The van der Waals surface area contributed by atoms with Crippen molar-refractivity contribution < 1.29 is 3.89 Å². The molecule has 1 unspecified atom stereocenters. The quantitative estimate of drug-likeness (QED) is 0.891. The molecule has 2 heterocycles. The van der Waals surface area contributed by atoms with Gasteiger partial charge < -0.3 is 5.32 Å². The third-order valence-corrected chi connectivity index (χ3v) is 2.86. The molecule has 0 amide bonds. The fourth-order valence-electron chi connectivity index (χ4n) is 1.58. The van der Waals surface area contributed by atoms with Gasteiger partial charge in [-0.25, -0.2) is 9.97 Å². The smallest absolute Gasteiger partial charge is 0.169 e. The van der Waals surface area contributed by atoms with E-state index >= 15 is 0 Å². The molecule has 0 aliphatic carbocycles. The maximum Gasteiger partial charge on any atom is 0.169 e. The number of rotatable bonds is 4. The van der Waals surface area contributed by atoms with Gasteiger partial charge in [-0.05, 0) is 19.5 Å². The lowest BCUT2D eigenvalue weighted by atomic mass is 10.3. The Bertz CT molecular complexity index is 485. The highest BCUT2D eigenvalue weighted by molar-refractivity contribution is 7.92. The summed E-state index contributed by atoms with van der Waals surface area (Å²) >= 11 is 0.151. The Morgan fingerprint density at radius 2 is 2.44 bits per heavy atom. The van der Waals surface area contributed by atoms with Crippen molar-refractivity contribution in [3.05, 3.63) is 24.3 Å². The molecule has 6 heteroatoms. The van der Waals surface area contributed by atoms with Crippen molar-refractivity contribution in [1.82, 2.24) is 19.3 Å². The minimum absolute atomic E-state index is 0.107. The summed E-state index contributed by atoms with van der Waals surface area (Å²) in [6.45, 7) is 4.90. The van der Waals surface area contributed by atoms with Crippen molar-refractivity contribution in [3.8, 4) is 0 Å². The van der Waals surface area contributed by atoms with Gasteiger partial charge in [0.25, 0.3) is 0 Å². The summed E-state index contributed by atoms with van der Waals surface area (Å²) in [6, 6.07) is 1.89. The first kappa shape index (κ1) is 11.3. The lowest BCUT2D eigenvalue weighted by Crippen LogP contribution is -2.19. The average Bonchev–Trinajstić information content (AvgIpc) is 2.71. The molecule has 86 valence electrons. The maximum atomic E-state index is 12.5. The van der Waals surface area contributed by atoms with E-state index < -0.39 is 0 Å². The lowest BCUT2D eigenvalue weighted by molar-refractivity contribution is 0.568. The van der Waals surface area contributed by atoms with Crippen LogP contribution in [0.1, 0.15) is 25.7 Å². The molecule has 0 radical (unpaired) electrons. The SMILES string of the molecule is CCNC(C)c1ncc2c(ccn2SF)n1. The molecule has 0 fully saturated rings. The largest absolute Gasteiger partial charge is 0.308 e. The fraction of sp³-hybridized carbons (Fsp3) is 0.400. The summed E-state index contributed by atoms with van der Waals surface area (Å²) in [5, 5.41) is 3.24. The first-order chi connectivity index (χ1) is 7.76. The van der Waals surface area contributed by atoms with E-state index in [0.29, 0.717) is 5.52 Å². The van der Waals surface area contributed by atoms with Crippen molar-refractivity contribution in [2.24, 2.45) is 0 Å². The van der Waals surface area contributed by atoms with Crippen molar-refractivity contribution >= 4 is 23.4 Å². The number of fused-ring (bicyclic) bond motifs is 1. The van der Waals surface area contributed by atoms with Crippen LogP contribution in [0.2, 0.25) is 0 Å². The predicted octanol–water partition coefficient (Wildman–Crippen LogP) is 2.48. The molecular formula is C10H13FN4S. The van der Waals surface area contributed by atoms with E-state index in [9.17, 15) is 3.89 Å². The van der Waals surface area contributed by atoms with E-state index in [0.717, 1.165) is 17.9 Å². The summed E-state index contributed by atoms with van der Waals surface area (Å²) < 4.78 is 13.9. The van der Waals surface area contributed by atoms with Crippen LogP contribution in [-0.2, 0) is 0 Å². The zero-order valence-corrected chi connectivity index (χ0v) is 9.96. The fourth-order valence-corrected chi connectivity index (χ4v) is 1.90. The highest BCUT2D eigenvalue weighted by Crippen LogP contribution is 2.20. The van der Waals surface area contributed by atoms with Crippen LogP contribution in [0.3, 0.4) is 0 Å². The number of hydrogen-bond donors (Lipinski definition) is 1. The standard InChI is InChI=1S/C10H13FN4S/c1-3-12-7(2)10-13-6-9-8(14-10)4-5-15(9)16-11/h4-7,12H,3H2,1-2H3. The Morgan fingerprint density at radius 3 is 3.12 bits per heavy atom. The van der Waals surface area contributed by atoms with Gasteiger partial charge in [0, 0.05) is 6.20 Å². The van der Waals surface area contributed by atoms with Gasteiger partial charge in [-0.3, -0.25) is 3.97 Å². The van der Waals surface area contributed by atoms with Crippen molar-refractivity contribution in [2.45, 2.75) is 19.9 Å². The second-order valence-electron chi connectivity index (χ2n) is 3.49. The molecule has 0 saturated heterocycles. The molecule has 0 aliphatic heterocycles. The molecule has 0 aromatic carbocycles. The number of aromatic nitrogens is 3. The van der Waals surface area contributed by atoms with Crippen LogP contribution in [-0.4, -0.2) is 20.5 Å². The van der Waals surface area contributed by atoms with Gasteiger partial charge in [-0.1, -0.05) is 6.92 Å². The van der Waals surface area contributed by atoms with Gasteiger partial charge in [-0.15, -0.1) is 3.89 Å². The number of halogens is 1. The van der Waals surface area contributed by atoms with E-state index in [1.54, 1.807) is 18.5 Å². The van der Waals surface area contributed by atoms with E-state index in [2.05, 4.69) is 15.3 Å². The van der Waals surface area contributed by atoms with Crippen LogP contribution in [0, 0.1) is 0 Å². The second-order valence-corrected chi connectivity index (χ2v) is 4.02. The van der Waals surface area contributed by atoms with Gasteiger partial charge in [0.2, 0.25) is 0 Å². The topological polar surface area (TPSA) is 42.7 Å². The van der Waals surface area contributed by atoms with Crippen LogP contribution in [0.4, 0.5) is 3.89 Å². The molecule has 0 spiro atoms. The van der Waals surface area contributed by atoms with Gasteiger partial charge in [0.05, 0.1) is 23.3 Å². The van der Waals surface area contributed by atoms with Crippen molar-refractivity contribution in [2.75, 3.05) is 6.54 Å². The van der Waals surface area contributed by atoms with Crippen LogP contribution >= 0.6 is 12.3 Å². The maximum absolute atomic E-state index is 12.5. The Hall–Kier alpha value is -1.14. The molecule has 1 N–H and O–H groups in total. The van der Waals surface area contributed by atoms with Gasteiger partial charge >= 0.3 is 0 Å². The highest BCUT2D eigenvalue weighted by atomic mass is 32.2. The number of nitrogens with one attached hydrogen (secondary N) is 1. The van der Waals surface area contributed by atoms with Crippen molar-refractivity contribution in [3.63, 3.8) is 0 Å². The molecule has 2 rings (SSSR count). The third kappa shape index (κ3) is 2.03. The second kappa shape index (κ2) is 4.80. The first-order valence-electron chi connectivity index (χ1n) is 5.12. The van der Waals surface area contributed by atoms with Gasteiger partial charge in [0.15, 0.2) is 12.3 Å². The zero-order chi connectivity index (χ0) is 11.5. The predicted molar refractivity (Wildman–Crippen MR) is 63.7 cm³/mol. The Balaban J connectivity index is 2.37. The molecule has 2 aromatic rings. The van der Waals surface area contributed by atoms with Crippen LogP contribution in [0.15, 0.2) is 18.5 Å². The number of nitrogens with zero attached hydrogens (tertiary/aromatic N) is 3. The molecule has 4 nitrogen and oxygen atoms in total.